The topological polar surface area (TPSA) is 130 Å². The van der Waals surface area contributed by atoms with Gasteiger partial charge in [-0.1, -0.05) is 49.6 Å². The number of carbonyl (C=O) groups is 4. The predicted octanol–water partition coefficient (Wildman–Crippen LogP) is 6.95. The van der Waals surface area contributed by atoms with Gasteiger partial charge in [0.2, 0.25) is 0 Å². The third-order valence-electron chi connectivity index (χ3n) is 7.15. The molecule has 0 heterocycles. The molecular formula is C39H30N2O8. The van der Waals surface area contributed by atoms with E-state index in [1.165, 1.54) is 12.1 Å². The number of ether oxygens (including phenoxy) is 4. The Labute approximate surface area is 281 Å². The first kappa shape index (κ1) is 33.7. The summed E-state index contributed by atoms with van der Waals surface area (Å²) < 4.78 is 20.9. The maximum atomic E-state index is 13.0. The minimum atomic E-state index is -0.572. The Kier molecular flexibility index (Phi) is 10.8. The van der Waals surface area contributed by atoms with Gasteiger partial charge in [0.05, 0.1) is 11.1 Å². The van der Waals surface area contributed by atoms with Crippen molar-refractivity contribution in [3.63, 3.8) is 0 Å². The lowest BCUT2D eigenvalue weighted by Gasteiger charge is -2.10. The van der Waals surface area contributed by atoms with E-state index in [4.69, 9.17) is 18.9 Å². The number of nitrogens with zero attached hydrogens (tertiary/aromatic N) is 2. The van der Waals surface area contributed by atoms with Crippen molar-refractivity contribution in [1.29, 1.82) is 0 Å². The highest BCUT2D eigenvalue weighted by molar-refractivity contribution is 5.98. The van der Waals surface area contributed by atoms with Crippen molar-refractivity contribution in [2.24, 2.45) is 9.98 Å². The van der Waals surface area contributed by atoms with Gasteiger partial charge in [0.15, 0.2) is 13.5 Å². The van der Waals surface area contributed by atoms with E-state index in [0.29, 0.717) is 22.6 Å². The molecule has 5 aromatic carbocycles. The Hall–Kier alpha value is -6.68. The molecule has 0 unspecified atom stereocenters. The number of esters is 4. The van der Waals surface area contributed by atoms with Gasteiger partial charge in [-0.2, -0.15) is 0 Å². The quantitative estimate of drug-likeness (QED) is 0.0612. The number of rotatable bonds is 12. The molecule has 5 rings (SSSR count). The molecule has 10 heteroatoms. The molecule has 0 radical (unpaired) electrons. The number of carbonyl (C=O) groups excluding carboxylic acids is 4. The second-order valence-electron chi connectivity index (χ2n) is 10.6. The largest absolute Gasteiger partial charge is 0.439 e. The first-order valence-electron chi connectivity index (χ1n) is 14.9. The number of aliphatic imine (C=N–C) groups is 2. The van der Waals surface area contributed by atoms with Gasteiger partial charge >= 0.3 is 23.9 Å². The molecule has 0 bridgehead atoms. The summed E-state index contributed by atoms with van der Waals surface area (Å²) in [7, 11) is 0. The minimum Gasteiger partial charge on any atom is -0.439 e. The van der Waals surface area contributed by atoms with Crippen LogP contribution in [0.3, 0.4) is 0 Å². The van der Waals surface area contributed by atoms with Crippen LogP contribution in [0.1, 0.15) is 37.4 Å². The van der Waals surface area contributed by atoms with Crippen LogP contribution in [-0.4, -0.2) is 49.8 Å². The SMILES string of the molecule is C=CC(=O)OCN=Cc1ccc2cc(OC(=O)c3ccc(C(=O)Oc4ccc5cc(C=NCOC(=O)C=C)ccc5c4)c(C)c3)ccc2c1. The Morgan fingerprint density at radius 2 is 1.06 bits per heavy atom. The summed E-state index contributed by atoms with van der Waals surface area (Å²) in [6, 6.07) is 26.4. The fraction of sp³-hybridized carbons (Fsp3) is 0.0769. The average Bonchev–Trinajstić information content (AvgIpc) is 3.11. The van der Waals surface area contributed by atoms with Crippen LogP contribution in [0.25, 0.3) is 21.5 Å². The van der Waals surface area contributed by atoms with Gasteiger partial charge in [0.1, 0.15) is 11.5 Å². The zero-order chi connectivity index (χ0) is 34.8. The molecule has 0 saturated heterocycles. The van der Waals surface area contributed by atoms with Gasteiger partial charge in [-0.05, 0) is 99.8 Å². The van der Waals surface area contributed by atoms with Crippen molar-refractivity contribution in [3.05, 3.63) is 144 Å². The second-order valence-corrected chi connectivity index (χ2v) is 10.6. The van der Waals surface area contributed by atoms with Crippen LogP contribution in [0.15, 0.2) is 126 Å². The van der Waals surface area contributed by atoms with Gasteiger partial charge in [-0.3, -0.25) is 9.98 Å². The first-order chi connectivity index (χ1) is 23.7. The molecule has 0 aliphatic carbocycles. The summed E-state index contributed by atoms with van der Waals surface area (Å²) in [6.45, 7) is 8.17. The lowest BCUT2D eigenvalue weighted by atomic mass is 10.0. The summed E-state index contributed by atoms with van der Waals surface area (Å²) in [6.07, 6.45) is 5.33. The van der Waals surface area contributed by atoms with Crippen LogP contribution < -0.4 is 9.47 Å². The maximum Gasteiger partial charge on any atom is 0.343 e. The van der Waals surface area contributed by atoms with E-state index < -0.39 is 23.9 Å². The molecule has 49 heavy (non-hydrogen) atoms. The van der Waals surface area contributed by atoms with E-state index in [-0.39, 0.29) is 19.0 Å². The van der Waals surface area contributed by atoms with E-state index in [9.17, 15) is 19.2 Å². The fourth-order valence-corrected chi connectivity index (χ4v) is 4.72. The molecule has 0 aliphatic rings. The standard InChI is InChI=1S/C39H30N2O8/c1-4-36(42)46-23-40-21-26-6-8-30-19-33(13-10-28(30)17-26)48-38(44)32-12-15-35(25(3)16-32)39(45)49-34-14-11-29-18-27(7-9-31(29)20-34)22-41-24-47-37(43)5-2/h4-22H,1-2,23-24H2,3H3. The molecule has 10 nitrogen and oxygen atoms in total. The number of hydrogen-bond donors (Lipinski definition) is 0. The maximum absolute atomic E-state index is 13.0. The van der Waals surface area contributed by atoms with Crippen molar-refractivity contribution in [2.45, 2.75) is 6.92 Å². The van der Waals surface area contributed by atoms with Crippen molar-refractivity contribution >= 4 is 57.9 Å². The zero-order valence-electron chi connectivity index (χ0n) is 26.5. The third-order valence-corrected chi connectivity index (χ3v) is 7.15. The normalized spacial score (nSPS) is 11.0. The highest BCUT2D eigenvalue weighted by atomic mass is 16.5. The second kappa shape index (κ2) is 15.7. The molecule has 0 saturated carbocycles. The zero-order valence-corrected chi connectivity index (χ0v) is 26.5. The Balaban J connectivity index is 1.19. The number of hydrogen-bond acceptors (Lipinski definition) is 10. The van der Waals surface area contributed by atoms with E-state index >= 15 is 0 Å². The van der Waals surface area contributed by atoms with Crippen molar-refractivity contribution < 1.29 is 38.1 Å². The van der Waals surface area contributed by atoms with Gasteiger partial charge in [-0.15, -0.1) is 0 Å². The number of benzene rings is 5. The van der Waals surface area contributed by atoms with Crippen molar-refractivity contribution in [2.75, 3.05) is 13.5 Å². The summed E-state index contributed by atoms with van der Waals surface area (Å²) >= 11 is 0. The lowest BCUT2D eigenvalue weighted by Crippen LogP contribution is -2.13. The Morgan fingerprint density at radius 1 is 0.592 bits per heavy atom. The molecule has 0 aromatic heterocycles. The molecule has 0 spiro atoms. The van der Waals surface area contributed by atoms with E-state index in [1.54, 1.807) is 49.7 Å². The predicted molar refractivity (Wildman–Crippen MR) is 186 cm³/mol. The monoisotopic (exact) mass is 654 g/mol. The summed E-state index contributed by atoms with van der Waals surface area (Å²) in [5.74, 6) is -1.50. The van der Waals surface area contributed by atoms with Crippen LogP contribution in [0, 0.1) is 6.92 Å². The Morgan fingerprint density at radius 3 is 1.55 bits per heavy atom. The highest BCUT2D eigenvalue weighted by Gasteiger charge is 2.16. The van der Waals surface area contributed by atoms with Crippen LogP contribution in [0.4, 0.5) is 0 Å². The minimum absolute atomic E-state index is 0.108. The molecular weight excluding hydrogens is 624 g/mol. The van der Waals surface area contributed by atoms with E-state index in [1.807, 2.05) is 48.5 Å². The average molecular weight is 655 g/mol. The van der Waals surface area contributed by atoms with Crippen LogP contribution in [-0.2, 0) is 19.1 Å². The molecule has 5 aromatic rings. The van der Waals surface area contributed by atoms with E-state index in [0.717, 1.165) is 44.8 Å². The summed E-state index contributed by atoms with van der Waals surface area (Å²) in [4.78, 5) is 56.4. The Bertz CT molecular complexity index is 2170. The van der Waals surface area contributed by atoms with Crippen LogP contribution in [0.2, 0.25) is 0 Å². The van der Waals surface area contributed by atoms with Crippen LogP contribution in [0.5, 0.6) is 11.5 Å². The molecule has 0 N–H and O–H groups in total. The lowest BCUT2D eigenvalue weighted by molar-refractivity contribution is -0.138. The van der Waals surface area contributed by atoms with Gasteiger partial charge in [0, 0.05) is 24.6 Å². The van der Waals surface area contributed by atoms with Gasteiger partial charge in [-0.25, -0.2) is 19.2 Å². The molecule has 244 valence electrons. The van der Waals surface area contributed by atoms with Gasteiger partial charge < -0.3 is 18.9 Å². The van der Waals surface area contributed by atoms with Gasteiger partial charge in [0.25, 0.3) is 0 Å². The summed E-state index contributed by atoms with van der Waals surface area (Å²) in [5.41, 5.74) is 2.76. The molecule has 0 fully saturated rings. The van der Waals surface area contributed by atoms with Crippen LogP contribution >= 0.6 is 0 Å². The smallest absolute Gasteiger partial charge is 0.343 e. The fourth-order valence-electron chi connectivity index (χ4n) is 4.72. The van der Waals surface area contributed by atoms with E-state index in [2.05, 4.69) is 23.1 Å². The van der Waals surface area contributed by atoms with Crippen molar-refractivity contribution in [3.8, 4) is 11.5 Å². The third kappa shape index (κ3) is 8.99. The molecule has 0 atom stereocenters. The molecule has 0 amide bonds. The highest BCUT2D eigenvalue weighted by Crippen LogP contribution is 2.25. The first-order valence-corrected chi connectivity index (χ1v) is 14.9. The number of fused-ring (bicyclic) bond motifs is 2. The summed E-state index contributed by atoms with van der Waals surface area (Å²) in [5, 5.41) is 3.50. The number of aryl methyl sites for hydroxylation is 1. The van der Waals surface area contributed by atoms with Crippen molar-refractivity contribution in [1.82, 2.24) is 0 Å². The molecule has 0 aliphatic heterocycles.